The molecule has 0 atom stereocenters. The summed E-state index contributed by atoms with van der Waals surface area (Å²) in [5.41, 5.74) is 7.15. The molecule has 7 heteroatoms. The van der Waals surface area contributed by atoms with Crippen molar-refractivity contribution >= 4 is 23.4 Å². The molecule has 5 nitrogen and oxygen atoms in total. The molecule has 2 rings (SSSR count). The summed E-state index contributed by atoms with van der Waals surface area (Å²) >= 11 is 7.71. The standard InChI is InChI=1S/C13H14ClN5S/c1-2-19-12(7-16)17-18-13(19)20-8-10-4-3-9(6-15)5-11(10)14/h3-5H,2,7-8,16H2,1H3. The molecule has 104 valence electrons. The number of nitrogens with zero attached hydrogens (tertiary/aromatic N) is 4. The lowest BCUT2D eigenvalue weighted by Crippen LogP contribution is -2.08. The van der Waals surface area contributed by atoms with Gasteiger partial charge in [-0.25, -0.2) is 0 Å². The molecular formula is C13H14ClN5S. The van der Waals surface area contributed by atoms with Gasteiger partial charge in [-0.2, -0.15) is 5.26 Å². The Kier molecular flexibility index (Phi) is 5.01. The lowest BCUT2D eigenvalue weighted by Gasteiger charge is -2.07. The van der Waals surface area contributed by atoms with E-state index in [9.17, 15) is 0 Å². The van der Waals surface area contributed by atoms with Gasteiger partial charge >= 0.3 is 0 Å². The predicted octanol–water partition coefficient (Wildman–Crippen LogP) is 2.57. The van der Waals surface area contributed by atoms with Crippen LogP contribution in [0.2, 0.25) is 5.02 Å². The van der Waals surface area contributed by atoms with Crippen LogP contribution in [0.15, 0.2) is 23.4 Å². The van der Waals surface area contributed by atoms with Crippen LogP contribution in [0.25, 0.3) is 0 Å². The van der Waals surface area contributed by atoms with Crippen LogP contribution in [0.4, 0.5) is 0 Å². The van der Waals surface area contributed by atoms with Crippen molar-refractivity contribution in [1.29, 1.82) is 5.26 Å². The third-order valence-electron chi connectivity index (χ3n) is 2.83. The van der Waals surface area contributed by atoms with Crippen LogP contribution in [0.1, 0.15) is 23.9 Å². The maximum Gasteiger partial charge on any atom is 0.191 e. The van der Waals surface area contributed by atoms with Crippen molar-refractivity contribution in [3.8, 4) is 6.07 Å². The Bertz CT molecular complexity index is 647. The molecule has 0 saturated heterocycles. The highest BCUT2D eigenvalue weighted by molar-refractivity contribution is 7.98. The molecule has 0 aliphatic carbocycles. The second kappa shape index (κ2) is 6.75. The van der Waals surface area contributed by atoms with E-state index < -0.39 is 0 Å². The Morgan fingerprint density at radius 3 is 2.85 bits per heavy atom. The van der Waals surface area contributed by atoms with Gasteiger partial charge in [0, 0.05) is 17.3 Å². The summed E-state index contributed by atoms with van der Waals surface area (Å²) in [5.74, 6) is 1.45. The van der Waals surface area contributed by atoms with E-state index in [1.165, 1.54) is 0 Å². The van der Waals surface area contributed by atoms with Crippen molar-refractivity contribution in [1.82, 2.24) is 14.8 Å². The lowest BCUT2D eigenvalue weighted by atomic mass is 10.2. The molecule has 0 radical (unpaired) electrons. The van der Waals surface area contributed by atoms with E-state index in [0.29, 0.717) is 22.9 Å². The second-order valence-electron chi connectivity index (χ2n) is 4.05. The maximum absolute atomic E-state index is 8.81. The fraction of sp³-hybridized carbons (Fsp3) is 0.308. The SMILES string of the molecule is CCn1c(CN)nnc1SCc1ccc(C#N)cc1Cl. The number of hydrogen-bond acceptors (Lipinski definition) is 5. The van der Waals surface area contributed by atoms with Crippen LogP contribution in [-0.4, -0.2) is 14.8 Å². The Balaban J connectivity index is 2.13. The van der Waals surface area contributed by atoms with Crippen molar-refractivity contribution in [2.75, 3.05) is 0 Å². The van der Waals surface area contributed by atoms with Gasteiger partial charge in [0.1, 0.15) is 5.82 Å². The van der Waals surface area contributed by atoms with Gasteiger partial charge in [0.15, 0.2) is 5.16 Å². The fourth-order valence-corrected chi connectivity index (χ4v) is 3.12. The average molecular weight is 308 g/mol. The van der Waals surface area contributed by atoms with E-state index in [1.54, 1.807) is 23.9 Å². The molecule has 20 heavy (non-hydrogen) atoms. The number of halogens is 1. The number of benzene rings is 1. The van der Waals surface area contributed by atoms with E-state index in [1.807, 2.05) is 17.6 Å². The first-order valence-electron chi connectivity index (χ1n) is 6.13. The van der Waals surface area contributed by atoms with Gasteiger partial charge in [-0.1, -0.05) is 29.4 Å². The van der Waals surface area contributed by atoms with Crippen molar-refractivity contribution in [2.45, 2.75) is 30.9 Å². The Hall–Kier alpha value is -1.55. The Labute approximate surface area is 126 Å². The zero-order chi connectivity index (χ0) is 14.5. The van der Waals surface area contributed by atoms with E-state index in [-0.39, 0.29) is 0 Å². The molecule has 1 aromatic heterocycles. The summed E-state index contributed by atoms with van der Waals surface area (Å²) in [4.78, 5) is 0. The molecule has 0 saturated carbocycles. The molecule has 0 spiro atoms. The average Bonchev–Trinajstić information content (AvgIpc) is 2.87. The molecule has 2 aromatic rings. The first-order valence-corrected chi connectivity index (χ1v) is 7.49. The van der Waals surface area contributed by atoms with Crippen LogP contribution in [0.3, 0.4) is 0 Å². The summed E-state index contributed by atoms with van der Waals surface area (Å²) in [6.07, 6.45) is 0. The maximum atomic E-state index is 8.81. The number of hydrogen-bond donors (Lipinski definition) is 1. The minimum atomic E-state index is 0.374. The molecule has 2 N–H and O–H groups in total. The molecule has 0 bridgehead atoms. The summed E-state index contributed by atoms with van der Waals surface area (Å²) in [6.45, 7) is 3.18. The molecule has 0 aliphatic rings. The van der Waals surface area contributed by atoms with Gasteiger partial charge in [-0.3, -0.25) is 0 Å². The van der Waals surface area contributed by atoms with Crippen molar-refractivity contribution in [2.24, 2.45) is 5.73 Å². The highest BCUT2D eigenvalue weighted by atomic mass is 35.5. The van der Waals surface area contributed by atoms with Gasteiger partial charge in [0.05, 0.1) is 18.2 Å². The molecule has 0 unspecified atom stereocenters. The molecule has 0 fully saturated rings. The monoisotopic (exact) mass is 307 g/mol. The number of rotatable bonds is 5. The van der Waals surface area contributed by atoms with Crippen molar-refractivity contribution < 1.29 is 0 Å². The largest absolute Gasteiger partial charge is 0.324 e. The van der Waals surface area contributed by atoms with Crippen LogP contribution in [0.5, 0.6) is 0 Å². The fourth-order valence-electron chi connectivity index (χ4n) is 1.77. The third-order valence-corrected chi connectivity index (χ3v) is 4.20. The van der Waals surface area contributed by atoms with Gasteiger partial charge in [0.2, 0.25) is 0 Å². The van der Waals surface area contributed by atoms with Gasteiger partial charge in [-0.15, -0.1) is 10.2 Å². The molecular weight excluding hydrogens is 294 g/mol. The number of aromatic nitrogens is 3. The van der Waals surface area contributed by atoms with Crippen LogP contribution >= 0.6 is 23.4 Å². The minimum Gasteiger partial charge on any atom is -0.324 e. The molecule has 1 aromatic carbocycles. The van der Waals surface area contributed by atoms with E-state index >= 15 is 0 Å². The van der Waals surface area contributed by atoms with Crippen molar-refractivity contribution in [3.05, 3.63) is 40.2 Å². The van der Waals surface area contributed by atoms with Gasteiger partial charge < -0.3 is 10.3 Å². The smallest absolute Gasteiger partial charge is 0.191 e. The summed E-state index contributed by atoms with van der Waals surface area (Å²) in [7, 11) is 0. The zero-order valence-corrected chi connectivity index (χ0v) is 12.6. The summed E-state index contributed by atoms with van der Waals surface area (Å²) < 4.78 is 1.99. The molecule has 0 amide bonds. The first-order chi connectivity index (χ1) is 9.69. The number of nitriles is 1. The highest BCUT2D eigenvalue weighted by Gasteiger charge is 2.11. The summed E-state index contributed by atoms with van der Waals surface area (Å²) in [5, 5.41) is 18.4. The van der Waals surface area contributed by atoms with Gasteiger partial charge in [0.25, 0.3) is 0 Å². The van der Waals surface area contributed by atoms with Crippen molar-refractivity contribution in [3.63, 3.8) is 0 Å². The lowest BCUT2D eigenvalue weighted by molar-refractivity contribution is 0.643. The first kappa shape index (κ1) is 14.9. The van der Waals surface area contributed by atoms with E-state index in [4.69, 9.17) is 22.6 Å². The second-order valence-corrected chi connectivity index (χ2v) is 5.40. The molecule has 1 heterocycles. The quantitative estimate of drug-likeness (QED) is 0.859. The summed E-state index contributed by atoms with van der Waals surface area (Å²) in [6, 6.07) is 7.37. The van der Waals surface area contributed by atoms with Crippen LogP contribution in [0, 0.1) is 11.3 Å². The topological polar surface area (TPSA) is 80.5 Å². The normalized spacial score (nSPS) is 10.5. The van der Waals surface area contributed by atoms with E-state index in [2.05, 4.69) is 16.3 Å². The molecule has 0 aliphatic heterocycles. The minimum absolute atomic E-state index is 0.374. The van der Waals surface area contributed by atoms with Crippen LogP contribution < -0.4 is 5.73 Å². The number of thioether (sulfide) groups is 1. The van der Waals surface area contributed by atoms with Gasteiger partial charge in [-0.05, 0) is 24.6 Å². The Morgan fingerprint density at radius 1 is 1.45 bits per heavy atom. The van der Waals surface area contributed by atoms with Crippen LogP contribution in [-0.2, 0) is 18.8 Å². The Morgan fingerprint density at radius 2 is 2.25 bits per heavy atom. The van der Waals surface area contributed by atoms with E-state index in [0.717, 1.165) is 23.1 Å². The highest BCUT2D eigenvalue weighted by Crippen LogP contribution is 2.26. The zero-order valence-electron chi connectivity index (χ0n) is 11.0. The predicted molar refractivity (Wildman–Crippen MR) is 79.3 cm³/mol. The third kappa shape index (κ3) is 3.12. The number of nitrogens with two attached hydrogens (primary N) is 1.